The number of aliphatic hydroxyl groups is 1. The minimum Gasteiger partial charge on any atom is -0.466 e. The van der Waals surface area contributed by atoms with Crippen LogP contribution in [0, 0.1) is 0 Å². The van der Waals surface area contributed by atoms with Crippen molar-refractivity contribution in [2.75, 3.05) is 6.54 Å². The van der Waals surface area contributed by atoms with E-state index >= 15 is 0 Å². The number of hydrogen-bond donors (Lipinski definition) is 3. The molecule has 102 valence electrons. The molecule has 0 spiro atoms. The lowest BCUT2D eigenvalue weighted by molar-refractivity contribution is 0.0367. The van der Waals surface area contributed by atoms with Gasteiger partial charge in [0, 0.05) is 4.88 Å². The maximum atomic E-state index is 11.6. The van der Waals surface area contributed by atoms with Crippen LogP contribution in [0.25, 0.3) is 0 Å². The van der Waals surface area contributed by atoms with Gasteiger partial charge in [0.1, 0.15) is 11.4 Å². The van der Waals surface area contributed by atoms with Crippen molar-refractivity contribution < 1.29 is 14.3 Å². The van der Waals surface area contributed by atoms with E-state index in [1.165, 1.54) is 6.26 Å². The fourth-order valence-electron chi connectivity index (χ4n) is 1.57. The van der Waals surface area contributed by atoms with Crippen LogP contribution >= 0.6 is 11.3 Å². The Morgan fingerprint density at radius 2 is 2.26 bits per heavy atom. The molecule has 0 aromatic carbocycles. The first-order chi connectivity index (χ1) is 9.08. The maximum absolute atomic E-state index is 11.6. The molecule has 2 aromatic heterocycles. The summed E-state index contributed by atoms with van der Waals surface area (Å²) in [5.74, 6) is 0.422. The van der Waals surface area contributed by atoms with E-state index in [0.717, 1.165) is 4.88 Å². The molecule has 6 heteroatoms. The minimum atomic E-state index is -1.22. The third-order valence-electron chi connectivity index (χ3n) is 2.65. The Hall–Kier alpha value is -1.79. The first-order valence-corrected chi connectivity index (χ1v) is 6.76. The molecule has 2 rings (SSSR count). The monoisotopic (exact) mass is 280 g/mol. The molecule has 19 heavy (non-hydrogen) atoms. The van der Waals surface area contributed by atoms with E-state index in [1.807, 2.05) is 17.5 Å². The highest BCUT2D eigenvalue weighted by atomic mass is 32.1. The average Bonchev–Trinajstić information content (AvgIpc) is 3.06. The molecule has 0 aliphatic carbocycles. The lowest BCUT2D eigenvalue weighted by atomic mass is 10.0. The van der Waals surface area contributed by atoms with Crippen LogP contribution in [0.15, 0.2) is 40.3 Å². The summed E-state index contributed by atoms with van der Waals surface area (Å²) in [6.07, 6.45) is 1.49. The van der Waals surface area contributed by atoms with Gasteiger partial charge in [-0.1, -0.05) is 6.07 Å². The second kappa shape index (κ2) is 5.90. The van der Waals surface area contributed by atoms with Gasteiger partial charge in [0.05, 0.1) is 19.4 Å². The van der Waals surface area contributed by atoms with E-state index in [2.05, 4.69) is 10.6 Å². The first kappa shape index (κ1) is 13.6. The van der Waals surface area contributed by atoms with E-state index in [4.69, 9.17) is 4.42 Å². The van der Waals surface area contributed by atoms with Gasteiger partial charge in [-0.15, -0.1) is 11.3 Å². The SMILES string of the molecule is C[C@@](O)(CNC(=O)NCc1cccs1)c1ccco1. The van der Waals surface area contributed by atoms with Crippen molar-refractivity contribution in [3.63, 3.8) is 0 Å². The molecule has 2 heterocycles. The van der Waals surface area contributed by atoms with Gasteiger partial charge in [0.15, 0.2) is 0 Å². The number of thiophene rings is 1. The second-order valence-corrected chi connectivity index (χ2v) is 5.40. The third-order valence-corrected chi connectivity index (χ3v) is 3.52. The van der Waals surface area contributed by atoms with Crippen LogP contribution in [-0.2, 0) is 12.1 Å². The molecule has 0 fully saturated rings. The van der Waals surface area contributed by atoms with Crippen LogP contribution in [0.4, 0.5) is 4.79 Å². The van der Waals surface area contributed by atoms with Gasteiger partial charge in [0.2, 0.25) is 0 Å². The number of carbonyl (C=O) groups is 1. The van der Waals surface area contributed by atoms with Crippen LogP contribution < -0.4 is 10.6 Å². The van der Waals surface area contributed by atoms with Crippen LogP contribution in [0.2, 0.25) is 0 Å². The van der Waals surface area contributed by atoms with Crippen molar-refractivity contribution in [3.05, 3.63) is 46.5 Å². The lowest BCUT2D eigenvalue weighted by Gasteiger charge is -2.21. The van der Waals surface area contributed by atoms with E-state index in [0.29, 0.717) is 12.3 Å². The molecule has 0 aliphatic rings. The van der Waals surface area contributed by atoms with Gasteiger partial charge in [0.25, 0.3) is 0 Å². The van der Waals surface area contributed by atoms with Crippen molar-refractivity contribution in [2.24, 2.45) is 0 Å². The fourth-order valence-corrected chi connectivity index (χ4v) is 2.21. The summed E-state index contributed by atoms with van der Waals surface area (Å²) in [6, 6.07) is 6.93. The fraction of sp³-hybridized carbons (Fsp3) is 0.308. The zero-order valence-electron chi connectivity index (χ0n) is 10.6. The van der Waals surface area contributed by atoms with Crippen LogP contribution in [0.3, 0.4) is 0 Å². The first-order valence-electron chi connectivity index (χ1n) is 5.88. The summed E-state index contributed by atoms with van der Waals surface area (Å²) in [5.41, 5.74) is -1.22. The molecule has 5 nitrogen and oxygen atoms in total. The van der Waals surface area contributed by atoms with Gasteiger partial charge in [-0.05, 0) is 30.5 Å². The molecule has 0 saturated carbocycles. The van der Waals surface area contributed by atoms with Crippen LogP contribution in [0.5, 0.6) is 0 Å². The Morgan fingerprint density at radius 3 is 2.89 bits per heavy atom. The van der Waals surface area contributed by atoms with E-state index < -0.39 is 5.60 Å². The molecule has 0 radical (unpaired) electrons. The molecule has 0 unspecified atom stereocenters. The Labute approximate surface area is 115 Å². The number of urea groups is 1. The Kier molecular flexibility index (Phi) is 4.24. The molecule has 2 amide bonds. The highest BCUT2D eigenvalue weighted by molar-refractivity contribution is 7.09. The molecule has 2 aromatic rings. The predicted molar refractivity (Wildman–Crippen MR) is 72.8 cm³/mol. The summed E-state index contributed by atoms with van der Waals surface area (Å²) < 4.78 is 5.13. The number of furan rings is 1. The number of hydrogen-bond acceptors (Lipinski definition) is 4. The Balaban J connectivity index is 1.77. The molecular weight excluding hydrogens is 264 g/mol. The lowest BCUT2D eigenvalue weighted by Crippen LogP contribution is -2.43. The van der Waals surface area contributed by atoms with Gasteiger partial charge >= 0.3 is 6.03 Å². The predicted octanol–water partition coefficient (Wildman–Crippen LogP) is 2.05. The molecule has 3 N–H and O–H groups in total. The molecule has 0 saturated heterocycles. The zero-order valence-corrected chi connectivity index (χ0v) is 11.4. The molecule has 1 atom stereocenters. The summed E-state index contributed by atoms with van der Waals surface area (Å²) in [4.78, 5) is 12.7. The number of carbonyl (C=O) groups excluding carboxylic acids is 1. The second-order valence-electron chi connectivity index (χ2n) is 4.37. The Bertz CT molecular complexity index is 506. The third kappa shape index (κ3) is 3.84. The largest absolute Gasteiger partial charge is 0.466 e. The van der Waals surface area contributed by atoms with Crippen molar-refractivity contribution in [1.82, 2.24) is 10.6 Å². The van der Waals surface area contributed by atoms with Crippen LogP contribution in [0.1, 0.15) is 17.6 Å². The summed E-state index contributed by atoms with van der Waals surface area (Å²) in [5, 5.41) is 17.4. The van der Waals surface area contributed by atoms with Crippen molar-refractivity contribution in [1.29, 1.82) is 0 Å². The zero-order chi connectivity index (χ0) is 13.7. The van der Waals surface area contributed by atoms with Crippen LogP contribution in [-0.4, -0.2) is 17.7 Å². The standard InChI is InChI=1S/C13H16N2O3S/c1-13(17,11-5-2-6-18-11)9-15-12(16)14-8-10-4-3-7-19-10/h2-7,17H,8-9H2,1H3,(H2,14,15,16)/t13-/m1/s1. The van der Waals surface area contributed by atoms with Crippen molar-refractivity contribution in [2.45, 2.75) is 19.1 Å². The topological polar surface area (TPSA) is 74.5 Å². The minimum absolute atomic E-state index is 0.0801. The van der Waals surface area contributed by atoms with Crippen molar-refractivity contribution >= 4 is 17.4 Å². The number of nitrogens with one attached hydrogen (secondary N) is 2. The molecule has 0 bridgehead atoms. The van der Waals surface area contributed by atoms with E-state index in [9.17, 15) is 9.90 Å². The maximum Gasteiger partial charge on any atom is 0.315 e. The normalized spacial score (nSPS) is 13.8. The van der Waals surface area contributed by atoms with E-state index in [1.54, 1.807) is 30.4 Å². The summed E-state index contributed by atoms with van der Waals surface area (Å²) in [6.45, 7) is 2.15. The van der Waals surface area contributed by atoms with Gasteiger partial charge in [-0.3, -0.25) is 0 Å². The summed E-state index contributed by atoms with van der Waals surface area (Å²) in [7, 11) is 0. The van der Waals surface area contributed by atoms with E-state index in [-0.39, 0.29) is 12.6 Å². The highest BCUT2D eigenvalue weighted by Crippen LogP contribution is 2.19. The molecular formula is C13H16N2O3S. The van der Waals surface area contributed by atoms with Gasteiger partial charge < -0.3 is 20.2 Å². The molecule has 0 aliphatic heterocycles. The highest BCUT2D eigenvalue weighted by Gasteiger charge is 2.26. The smallest absolute Gasteiger partial charge is 0.315 e. The Morgan fingerprint density at radius 1 is 1.42 bits per heavy atom. The quantitative estimate of drug-likeness (QED) is 0.784. The summed E-state index contributed by atoms with van der Waals surface area (Å²) >= 11 is 1.58. The van der Waals surface area contributed by atoms with Crippen molar-refractivity contribution in [3.8, 4) is 0 Å². The number of rotatable bonds is 5. The number of amides is 2. The average molecular weight is 280 g/mol. The van der Waals surface area contributed by atoms with Gasteiger partial charge in [-0.2, -0.15) is 0 Å². The van der Waals surface area contributed by atoms with Gasteiger partial charge in [-0.25, -0.2) is 4.79 Å².